The summed E-state index contributed by atoms with van der Waals surface area (Å²) < 4.78 is 17.3. The van der Waals surface area contributed by atoms with Crippen LogP contribution in [-0.4, -0.2) is 42.6 Å². The van der Waals surface area contributed by atoms with Crippen molar-refractivity contribution < 1.29 is 28.9 Å². The predicted octanol–water partition coefficient (Wildman–Crippen LogP) is 5.89. The van der Waals surface area contributed by atoms with E-state index in [9.17, 15) is 14.7 Å². The maximum Gasteiger partial charge on any atom is 0.296 e. The highest BCUT2D eigenvalue weighted by Gasteiger charge is 2.45. The van der Waals surface area contributed by atoms with Crippen LogP contribution in [0.25, 0.3) is 16.3 Å². The zero-order chi connectivity index (χ0) is 27.5. The minimum atomic E-state index is -0.947. The highest BCUT2D eigenvalue weighted by Crippen LogP contribution is 2.45. The minimum absolute atomic E-state index is 0.0475. The Morgan fingerprint density at radius 3 is 2.54 bits per heavy atom. The van der Waals surface area contributed by atoms with E-state index in [4.69, 9.17) is 14.2 Å². The molecule has 9 heteroatoms. The number of rotatable bonds is 9. The molecule has 1 aromatic heterocycles. The number of nitrogens with zero attached hydrogens (tertiary/aromatic N) is 2. The molecular weight excluding hydrogens is 516 g/mol. The number of hydrogen-bond donors (Lipinski definition) is 1. The van der Waals surface area contributed by atoms with Gasteiger partial charge in [-0.2, -0.15) is 0 Å². The van der Waals surface area contributed by atoms with Gasteiger partial charge in [0.2, 0.25) is 0 Å². The smallest absolute Gasteiger partial charge is 0.296 e. The molecule has 1 unspecified atom stereocenters. The summed E-state index contributed by atoms with van der Waals surface area (Å²) >= 11 is 1.27. The molecule has 1 N–H and O–H groups in total. The summed E-state index contributed by atoms with van der Waals surface area (Å²) in [5.74, 6) is -0.224. The van der Waals surface area contributed by atoms with E-state index in [-0.39, 0.29) is 5.57 Å². The van der Waals surface area contributed by atoms with Crippen LogP contribution >= 0.6 is 11.3 Å². The number of thiazole rings is 1. The van der Waals surface area contributed by atoms with E-state index in [1.165, 1.54) is 36.5 Å². The number of amides is 1. The van der Waals surface area contributed by atoms with Gasteiger partial charge in [0, 0.05) is 0 Å². The lowest BCUT2D eigenvalue weighted by Crippen LogP contribution is -2.30. The number of anilines is 1. The molecule has 0 bridgehead atoms. The largest absolute Gasteiger partial charge is 0.503 e. The van der Waals surface area contributed by atoms with Gasteiger partial charge in [-0.25, -0.2) is 4.98 Å². The average molecular weight is 543 g/mol. The SMILES string of the molecule is CCOc1ccc2nc(N3C(=O)C(O)=C(C(=O)C=Cc4ccccc4)C3c3ccc(OC)c(OC)c3)sc2c1. The molecule has 39 heavy (non-hydrogen) atoms. The van der Waals surface area contributed by atoms with Crippen molar-refractivity contribution in [1.82, 2.24) is 4.98 Å². The summed E-state index contributed by atoms with van der Waals surface area (Å²) in [5.41, 5.74) is 1.98. The van der Waals surface area contributed by atoms with Gasteiger partial charge in [0.15, 0.2) is 28.2 Å². The van der Waals surface area contributed by atoms with E-state index >= 15 is 0 Å². The molecule has 0 saturated heterocycles. The zero-order valence-electron chi connectivity index (χ0n) is 21.6. The van der Waals surface area contributed by atoms with Crippen LogP contribution in [0, 0.1) is 0 Å². The Morgan fingerprint density at radius 1 is 1.05 bits per heavy atom. The predicted molar refractivity (Wildman–Crippen MR) is 151 cm³/mol. The van der Waals surface area contributed by atoms with Crippen molar-refractivity contribution in [2.45, 2.75) is 13.0 Å². The number of hydrogen-bond acceptors (Lipinski definition) is 8. The summed E-state index contributed by atoms with van der Waals surface area (Å²) in [6.45, 7) is 2.42. The van der Waals surface area contributed by atoms with E-state index in [1.54, 1.807) is 24.3 Å². The van der Waals surface area contributed by atoms with Crippen LogP contribution in [0.4, 0.5) is 5.13 Å². The zero-order valence-corrected chi connectivity index (χ0v) is 22.4. The van der Waals surface area contributed by atoms with Gasteiger partial charge >= 0.3 is 0 Å². The van der Waals surface area contributed by atoms with E-state index in [0.29, 0.717) is 40.1 Å². The fourth-order valence-electron chi connectivity index (χ4n) is 4.47. The summed E-state index contributed by atoms with van der Waals surface area (Å²) in [4.78, 5) is 33.1. The highest BCUT2D eigenvalue weighted by atomic mass is 32.1. The van der Waals surface area contributed by atoms with Crippen LogP contribution < -0.4 is 19.1 Å². The Kier molecular flexibility index (Phi) is 7.33. The van der Waals surface area contributed by atoms with Crippen molar-refractivity contribution in [1.29, 1.82) is 0 Å². The number of aromatic nitrogens is 1. The fraction of sp³-hybridized carbons (Fsp3) is 0.167. The van der Waals surface area contributed by atoms with Crippen LogP contribution in [0.2, 0.25) is 0 Å². The number of aliphatic hydroxyl groups is 1. The van der Waals surface area contributed by atoms with E-state index in [1.807, 2.05) is 55.5 Å². The minimum Gasteiger partial charge on any atom is -0.503 e. The van der Waals surface area contributed by atoms with Crippen LogP contribution in [-0.2, 0) is 9.59 Å². The molecule has 0 fully saturated rings. The Balaban J connectivity index is 1.62. The molecule has 0 saturated carbocycles. The Morgan fingerprint density at radius 2 is 1.82 bits per heavy atom. The standard InChI is InChI=1S/C30H26N2O6S/c1-4-38-20-12-13-21-25(17-20)39-30(31-21)32-27(19-11-15-23(36-2)24(16-19)37-3)26(28(34)29(32)35)22(33)14-10-18-8-6-5-7-9-18/h5-17,27,34H,4H2,1-3H3. The van der Waals surface area contributed by atoms with Crippen molar-refractivity contribution in [2.75, 3.05) is 25.7 Å². The van der Waals surface area contributed by atoms with Gasteiger partial charge < -0.3 is 19.3 Å². The molecule has 5 rings (SSSR count). The van der Waals surface area contributed by atoms with Gasteiger partial charge in [0.05, 0.1) is 42.7 Å². The Labute approximate surface area is 229 Å². The lowest BCUT2D eigenvalue weighted by Gasteiger charge is -2.24. The van der Waals surface area contributed by atoms with Crippen molar-refractivity contribution in [3.63, 3.8) is 0 Å². The Bertz CT molecular complexity index is 1610. The van der Waals surface area contributed by atoms with Gasteiger partial charge in [0.25, 0.3) is 5.91 Å². The molecule has 8 nitrogen and oxygen atoms in total. The third kappa shape index (κ3) is 4.96. The van der Waals surface area contributed by atoms with Gasteiger partial charge in [0.1, 0.15) is 5.75 Å². The first-order chi connectivity index (χ1) is 18.9. The molecule has 1 atom stereocenters. The second-order valence-corrected chi connectivity index (χ2v) is 9.63. The van der Waals surface area contributed by atoms with Crippen LogP contribution in [0.1, 0.15) is 24.1 Å². The van der Waals surface area contributed by atoms with Crippen molar-refractivity contribution >= 4 is 44.5 Å². The van der Waals surface area contributed by atoms with Gasteiger partial charge in [-0.05, 0) is 54.5 Å². The molecule has 4 aromatic rings. The third-order valence-electron chi connectivity index (χ3n) is 6.29. The summed E-state index contributed by atoms with van der Waals surface area (Å²) in [5, 5.41) is 11.4. The van der Waals surface area contributed by atoms with Gasteiger partial charge in [-0.1, -0.05) is 53.8 Å². The molecule has 2 heterocycles. The normalized spacial score (nSPS) is 15.4. The number of allylic oxidation sites excluding steroid dienone is 1. The van der Waals surface area contributed by atoms with Crippen LogP contribution in [0.5, 0.6) is 17.2 Å². The van der Waals surface area contributed by atoms with Crippen LogP contribution in [0.15, 0.2) is 84.1 Å². The molecule has 0 radical (unpaired) electrons. The average Bonchev–Trinajstić information content (AvgIpc) is 3.49. The molecule has 1 amide bonds. The quantitative estimate of drug-likeness (QED) is 0.263. The number of methoxy groups -OCH3 is 2. The number of ketones is 1. The molecule has 3 aromatic carbocycles. The second kappa shape index (κ2) is 11.0. The van der Waals surface area contributed by atoms with E-state index < -0.39 is 23.5 Å². The topological polar surface area (TPSA) is 98.2 Å². The lowest BCUT2D eigenvalue weighted by atomic mass is 9.95. The summed E-state index contributed by atoms with van der Waals surface area (Å²) in [6.07, 6.45) is 3.01. The number of carbonyl (C=O) groups excluding carboxylic acids is 2. The van der Waals surface area contributed by atoms with Crippen LogP contribution in [0.3, 0.4) is 0 Å². The fourth-order valence-corrected chi connectivity index (χ4v) is 5.49. The molecule has 0 spiro atoms. The lowest BCUT2D eigenvalue weighted by molar-refractivity contribution is -0.117. The Hall–Kier alpha value is -4.63. The second-order valence-electron chi connectivity index (χ2n) is 8.62. The number of fused-ring (bicyclic) bond motifs is 1. The van der Waals surface area contributed by atoms with E-state index in [0.717, 1.165) is 10.3 Å². The van der Waals surface area contributed by atoms with E-state index in [2.05, 4.69) is 4.98 Å². The summed E-state index contributed by atoms with van der Waals surface area (Å²) in [6, 6.07) is 19.0. The number of aliphatic hydroxyl groups excluding tert-OH is 1. The highest BCUT2D eigenvalue weighted by molar-refractivity contribution is 7.22. The molecule has 0 aliphatic carbocycles. The molecule has 1 aliphatic rings. The maximum atomic E-state index is 13.5. The monoisotopic (exact) mass is 542 g/mol. The third-order valence-corrected chi connectivity index (χ3v) is 7.31. The molecule has 198 valence electrons. The number of ether oxygens (including phenoxy) is 3. The van der Waals surface area contributed by atoms with Crippen molar-refractivity contribution in [3.8, 4) is 17.2 Å². The first-order valence-electron chi connectivity index (χ1n) is 12.2. The molecule has 1 aliphatic heterocycles. The van der Waals surface area contributed by atoms with Crippen molar-refractivity contribution in [2.24, 2.45) is 0 Å². The first-order valence-corrected chi connectivity index (χ1v) is 13.1. The number of benzene rings is 3. The van der Waals surface area contributed by atoms with Gasteiger partial charge in [-0.3, -0.25) is 14.5 Å². The maximum absolute atomic E-state index is 13.5. The molecular formula is C30H26N2O6S. The summed E-state index contributed by atoms with van der Waals surface area (Å²) in [7, 11) is 3.03. The van der Waals surface area contributed by atoms with Gasteiger partial charge in [-0.15, -0.1) is 0 Å². The number of carbonyl (C=O) groups is 2. The van der Waals surface area contributed by atoms with Crippen molar-refractivity contribution in [3.05, 3.63) is 95.3 Å². The first kappa shape index (κ1) is 26.0.